The molecule has 0 radical (unpaired) electrons. The molecule has 0 atom stereocenters. The number of methoxy groups -OCH3 is 1. The predicted octanol–water partition coefficient (Wildman–Crippen LogP) is 0.972. The third-order valence-corrected chi connectivity index (χ3v) is 2.36. The van der Waals surface area contributed by atoms with Crippen LogP contribution in [0.15, 0.2) is 36.5 Å². The van der Waals surface area contributed by atoms with Gasteiger partial charge in [0.1, 0.15) is 12.7 Å². The first kappa shape index (κ1) is 10.4. The van der Waals surface area contributed by atoms with Crippen LogP contribution in [0.25, 0.3) is 10.9 Å². The van der Waals surface area contributed by atoms with Crippen molar-refractivity contribution in [2.75, 3.05) is 14.2 Å². The monoisotopic (exact) mass is 218 g/mol. The molecular formula is C12H12NO3+. The van der Waals surface area contributed by atoms with Crippen LogP contribution >= 0.6 is 0 Å². The van der Waals surface area contributed by atoms with Crippen LogP contribution in [0, 0.1) is 0 Å². The van der Waals surface area contributed by atoms with Crippen molar-refractivity contribution in [1.29, 1.82) is 0 Å². The number of esters is 1. The second-order valence-corrected chi connectivity index (χ2v) is 3.29. The third-order valence-electron chi connectivity index (χ3n) is 2.36. The van der Waals surface area contributed by atoms with Crippen molar-refractivity contribution in [3.05, 3.63) is 42.1 Å². The van der Waals surface area contributed by atoms with Gasteiger partial charge < -0.3 is 4.74 Å². The summed E-state index contributed by atoms with van der Waals surface area (Å²) in [5, 5.41) is 0.923. The van der Waals surface area contributed by atoms with Crippen LogP contribution in [-0.2, 0) is 4.74 Å². The molecule has 0 saturated heterocycles. The quantitative estimate of drug-likeness (QED) is 0.557. The molecule has 0 N–H and O–H groups in total. The van der Waals surface area contributed by atoms with E-state index in [1.54, 1.807) is 24.1 Å². The van der Waals surface area contributed by atoms with Gasteiger partial charge in [0.15, 0.2) is 0 Å². The van der Waals surface area contributed by atoms with Gasteiger partial charge in [-0.05, 0) is 12.1 Å². The fourth-order valence-electron chi connectivity index (χ4n) is 1.59. The molecule has 0 aliphatic rings. The molecule has 1 aromatic carbocycles. The van der Waals surface area contributed by atoms with Crippen LogP contribution in [-0.4, -0.2) is 20.2 Å². The summed E-state index contributed by atoms with van der Waals surface area (Å²) >= 11 is 0. The maximum atomic E-state index is 11.4. The molecule has 0 amide bonds. The van der Waals surface area contributed by atoms with Crippen LogP contribution in [0.3, 0.4) is 0 Å². The molecule has 0 unspecified atom stereocenters. The molecule has 0 fully saturated rings. The number of carbonyl (C=O) groups excluding carboxylic acids is 1. The molecule has 0 aliphatic carbocycles. The molecule has 0 saturated carbocycles. The third kappa shape index (κ3) is 1.69. The molecule has 1 aromatic heterocycles. The molecule has 82 valence electrons. The summed E-state index contributed by atoms with van der Waals surface area (Å²) in [4.78, 5) is 16.6. The second-order valence-electron chi connectivity index (χ2n) is 3.29. The number of para-hydroxylation sites is 1. The number of aromatic nitrogens is 1. The van der Waals surface area contributed by atoms with Crippen molar-refractivity contribution >= 4 is 16.9 Å². The maximum Gasteiger partial charge on any atom is 0.344 e. The number of hydrogen-bond donors (Lipinski definition) is 0. The lowest BCUT2D eigenvalue weighted by Gasteiger charge is -2.00. The highest BCUT2D eigenvalue weighted by atomic mass is 16.6. The first-order valence-electron chi connectivity index (χ1n) is 4.83. The van der Waals surface area contributed by atoms with Crippen molar-refractivity contribution in [1.82, 2.24) is 0 Å². The Bertz CT molecular complexity index is 537. The van der Waals surface area contributed by atoms with E-state index in [1.807, 2.05) is 24.3 Å². The Hall–Kier alpha value is -2.10. The highest BCUT2D eigenvalue weighted by Gasteiger charge is 2.16. The van der Waals surface area contributed by atoms with Gasteiger partial charge in [-0.1, -0.05) is 12.1 Å². The largest absolute Gasteiger partial charge is 0.465 e. The van der Waals surface area contributed by atoms with Crippen LogP contribution < -0.4 is 9.57 Å². The second kappa shape index (κ2) is 4.18. The number of rotatable bonds is 2. The van der Waals surface area contributed by atoms with E-state index >= 15 is 0 Å². The number of benzene rings is 1. The average Bonchev–Trinajstić information content (AvgIpc) is 2.36. The SMILES string of the molecule is COC(=O)c1cc2ccccc2[n+](OC)c1. The molecule has 0 spiro atoms. The van der Waals surface area contributed by atoms with Gasteiger partial charge in [-0.25, -0.2) is 4.79 Å². The fourth-order valence-corrected chi connectivity index (χ4v) is 1.59. The van der Waals surface area contributed by atoms with Gasteiger partial charge in [-0.3, -0.25) is 4.84 Å². The summed E-state index contributed by atoms with van der Waals surface area (Å²) in [6, 6.07) is 9.42. The van der Waals surface area contributed by atoms with E-state index in [0.717, 1.165) is 10.9 Å². The Morgan fingerprint density at radius 1 is 1.25 bits per heavy atom. The minimum atomic E-state index is -0.378. The van der Waals surface area contributed by atoms with Crippen molar-refractivity contribution in [2.24, 2.45) is 0 Å². The maximum absolute atomic E-state index is 11.4. The minimum absolute atomic E-state index is 0.378. The molecule has 1 heterocycles. The van der Waals surface area contributed by atoms with Crippen LogP contribution in [0.5, 0.6) is 0 Å². The van der Waals surface area contributed by atoms with Gasteiger partial charge in [0.05, 0.1) is 12.5 Å². The number of pyridine rings is 1. The van der Waals surface area contributed by atoms with Crippen molar-refractivity contribution in [3.8, 4) is 0 Å². The van der Waals surface area contributed by atoms with Crippen LogP contribution in [0.1, 0.15) is 10.4 Å². The van der Waals surface area contributed by atoms with Gasteiger partial charge in [0.25, 0.3) is 5.52 Å². The molecule has 2 aromatic rings. The van der Waals surface area contributed by atoms with Crippen LogP contribution in [0.4, 0.5) is 0 Å². The Morgan fingerprint density at radius 3 is 2.69 bits per heavy atom. The first-order chi connectivity index (χ1) is 7.76. The van der Waals surface area contributed by atoms with Crippen molar-refractivity contribution < 1.29 is 19.1 Å². The summed E-state index contributed by atoms with van der Waals surface area (Å²) in [5.41, 5.74) is 1.36. The standard InChI is InChI=1S/C12H12NO3/c1-15-12(14)10-7-9-5-3-4-6-11(9)13(8-10)16-2/h3-8H,1-2H3/q+1. The molecular weight excluding hydrogens is 206 g/mol. The van der Waals surface area contributed by atoms with Crippen LogP contribution in [0.2, 0.25) is 0 Å². The molecule has 4 heteroatoms. The van der Waals surface area contributed by atoms with Crippen molar-refractivity contribution in [2.45, 2.75) is 0 Å². The molecule has 16 heavy (non-hydrogen) atoms. The van der Waals surface area contributed by atoms with E-state index in [9.17, 15) is 4.79 Å². The number of carbonyl (C=O) groups is 1. The highest BCUT2D eigenvalue weighted by molar-refractivity contribution is 5.92. The van der Waals surface area contributed by atoms with E-state index < -0.39 is 0 Å². The summed E-state index contributed by atoms with van der Waals surface area (Å²) in [6.07, 6.45) is 1.61. The van der Waals surface area contributed by atoms with E-state index in [-0.39, 0.29) is 5.97 Å². The fraction of sp³-hybridized carbons (Fsp3) is 0.167. The average molecular weight is 218 g/mol. The highest BCUT2D eigenvalue weighted by Crippen LogP contribution is 2.11. The van der Waals surface area contributed by atoms with Gasteiger partial charge >= 0.3 is 5.97 Å². The van der Waals surface area contributed by atoms with Gasteiger partial charge in [-0.15, -0.1) is 0 Å². The Morgan fingerprint density at radius 2 is 2.00 bits per heavy atom. The number of ether oxygens (including phenoxy) is 1. The van der Waals surface area contributed by atoms with Gasteiger partial charge in [0.2, 0.25) is 6.20 Å². The van der Waals surface area contributed by atoms with E-state index in [1.165, 1.54) is 7.11 Å². The number of fused-ring (bicyclic) bond motifs is 1. The lowest BCUT2D eigenvalue weighted by atomic mass is 10.1. The lowest BCUT2D eigenvalue weighted by Crippen LogP contribution is -2.41. The summed E-state index contributed by atoms with van der Waals surface area (Å²) in [7, 11) is 2.90. The topological polar surface area (TPSA) is 39.4 Å². The smallest absolute Gasteiger partial charge is 0.344 e. The predicted molar refractivity (Wildman–Crippen MR) is 58.0 cm³/mol. The van der Waals surface area contributed by atoms with Crippen molar-refractivity contribution in [3.63, 3.8) is 0 Å². The normalized spacial score (nSPS) is 10.1. The Balaban J connectivity index is 2.68. The molecule has 0 bridgehead atoms. The van der Waals surface area contributed by atoms with Gasteiger partial charge in [-0.2, -0.15) is 0 Å². The summed E-state index contributed by atoms with van der Waals surface area (Å²) in [6.45, 7) is 0. The minimum Gasteiger partial charge on any atom is -0.465 e. The van der Waals surface area contributed by atoms with E-state index in [0.29, 0.717) is 5.56 Å². The molecule has 0 aliphatic heterocycles. The zero-order valence-corrected chi connectivity index (χ0v) is 9.14. The zero-order chi connectivity index (χ0) is 11.5. The Labute approximate surface area is 93.0 Å². The summed E-state index contributed by atoms with van der Waals surface area (Å²) in [5.74, 6) is -0.378. The first-order valence-corrected chi connectivity index (χ1v) is 4.83. The Kier molecular flexibility index (Phi) is 2.72. The van der Waals surface area contributed by atoms with E-state index in [2.05, 4.69) is 4.74 Å². The summed E-state index contributed by atoms with van der Waals surface area (Å²) < 4.78 is 6.22. The number of hydrogen-bond acceptors (Lipinski definition) is 3. The lowest BCUT2D eigenvalue weighted by molar-refractivity contribution is -0.865. The molecule has 2 rings (SSSR count). The number of nitrogens with zero attached hydrogens (tertiary/aromatic N) is 1. The van der Waals surface area contributed by atoms with E-state index in [4.69, 9.17) is 4.84 Å². The zero-order valence-electron chi connectivity index (χ0n) is 9.14. The van der Waals surface area contributed by atoms with Gasteiger partial charge in [0, 0.05) is 10.8 Å². The molecule has 4 nitrogen and oxygen atoms in total.